The summed E-state index contributed by atoms with van der Waals surface area (Å²) in [5.74, 6) is 10.7. The van der Waals surface area contributed by atoms with Crippen molar-refractivity contribution in [3.05, 3.63) is 0 Å². The maximum absolute atomic E-state index is 7.18. The molecule has 18 rings (SSSR count). The number of fused-ring (bicyclic) bond motifs is 40. The molecule has 8 saturated carbocycles. The van der Waals surface area contributed by atoms with Crippen LogP contribution in [0, 0.1) is 94.7 Å². The first-order chi connectivity index (χ1) is 42.1. The Morgan fingerprint density at radius 1 is 0.188 bits per heavy atom. The standard InChI is InChI=1S/2C32H55N8.2Al.HO2Si.2H/c2*1-2-10-18-17(9-1)25-33-26(18)38-28-21-13-5-6-14-22(21)30(35-28)40-32-24-16-8-7-15-23(24)31(36-32)39-29-20-12-4-3-11-19(20)27(34-29)37-25;;;1-3-2;;/h2*9,17-40H,1-8,10-16H2;;;3H;;/q;;2*+1;-2;;. The number of nitrogens with one attached hydrogen (secondary N) is 16. The third kappa shape index (κ3) is 10.8. The lowest BCUT2D eigenvalue weighted by Gasteiger charge is -2.39. The molecule has 16 N–H and O–H groups in total. The molecule has 34 unspecified atom stereocenters. The number of rotatable bonds is 6. The van der Waals surface area contributed by atoms with Gasteiger partial charge in [0.05, 0.1) is 98.7 Å². The topological polar surface area (TPSA) is 211 Å². The van der Waals surface area contributed by atoms with E-state index < -0.39 is 41.1 Å². The van der Waals surface area contributed by atoms with Gasteiger partial charge in [-0.25, -0.2) is 0 Å². The van der Waals surface area contributed by atoms with Crippen LogP contribution in [-0.2, 0) is 6.96 Å². The summed E-state index contributed by atoms with van der Waals surface area (Å²) in [6, 6.07) is 0. The minimum absolute atomic E-state index is 0.286. The zero-order chi connectivity index (χ0) is 55.7. The van der Waals surface area contributed by atoms with E-state index in [4.69, 9.17) is 6.96 Å². The molecule has 18 aliphatic rings. The fraction of sp³-hybridized carbons (Fsp3) is 1.00. The van der Waals surface area contributed by atoms with E-state index in [1.54, 1.807) is 0 Å². The SMILES string of the molecule is C1CCC2C3NC(NC4NC(NC5NC(NC6NC(N3)C3CCCCC63)C3[CH]([AlH][O][SiH][O][AlH][CH]6CCCC7C8NC9NC(NC%10NC(NC%11NC(NC(N8)C67)C6CCCCC%116)C6CCCCC%106)C6CCCCC96)CCCC53)C3CCCCC43)C2C1. The monoisotopic (exact) mass is 1220 g/mol. The third-order valence-electron chi connectivity index (χ3n) is 28.8. The van der Waals surface area contributed by atoms with Gasteiger partial charge in [0.15, 0.2) is 0 Å². The van der Waals surface area contributed by atoms with E-state index in [1.165, 1.54) is 193 Å². The average Bonchev–Trinajstić information content (AvgIpc) is 4.48. The van der Waals surface area contributed by atoms with Crippen LogP contribution in [-0.4, -0.2) is 140 Å². The first kappa shape index (κ1) is 58.2. The summed E-state index contributed by atoms with van der Waals surface area (Å²) in [6.45, 7) is 0. The second kappa shape index (κ2) is 25.0. The molecule has 16 bridgehead atoms. The molecule has 0 aromatic rings. The zero-order valence-corrected chi connectivity index (χ0v) is 55.6. The van der Waals surface area contributed by atoms with Crippen LogP contribution in [0.25, 0.3) is 0 Å². The van der Waals surface area contributed by atoms with E-state index in [-0.39, 0.29) is 12.3 Å². The van der Waals surface area contributed by atoms with E-state index in [2.05, 4.69) is 85.1 Å². The highest BCUT2D eigenvalue weighted by atomic mass is 28.3. The molecule has 471 valence electrons. The molecule has 18 fully saturated rings. The molecule has 34 atom stereocenters. The Labute approximate surface area is 525 Å². The summed E-state index contributed by atoms with van der Waals surface area (Å²) in [5.41, 5.74) is 0. The molecule has 0 amide bonds. The third-order valence-corrected chi connectivity index (χ3v) is 34.2. The highest BCUT2D eigenvalue weighted by molar-refractivity contribution is 6.47. The van der Waals surface area contributed by atoms with Crippen LogP contribution in [0.15, 0.2) is 0 Å². The normalized spacial score (nSPS) is 56.8. The first-order valence-electron chi connectivity index (χ1n) is 37.3. The Balaban J connectivity index is 0.573. The van der Waals surface area contributed by atoms with Crippen LogP contribution >= 0.6 is 0 Å². The molecule has 0 spiro atoms. The molecular weight excluding hydrogens is 1110 g/mol. The molecule has 10 saturated heterocycles. The maximum atomic E-state index is 7.18. The van der Waals surface area contributed by atoms with Gasteiger partial charge in [-0.05, 0) is 185 Å². The summed E-state index contributed by atoms with van der Waals surface area (Å²) in [4.78, 5) is 0. The minimum Gasteiger partial charge on any atom is -0.531 e. The molecule has 1 radical (unpaired) electrons. The van der Waals surface area contributed by atoms with Crippen molar-refractivity contribution in [2.45, 2.75) is 301 Å². The van der Waals surface area contributed by atoms with Crippen LogP contribution in [0.1, 0.15) is 193 Å². The lowest BCUT2D eigenvalue weighted by atomic mass is 9.76. The largest absolute Gasteiger partial charge is 0.531 e. The zero-order valence-electron chi connectivity index (χ0n) is 51.7. The number of hydrogen-bond donors (Lipinski definition) is 16. The Bertz CT molecular complexity index is 2160. The molecule has 8 aliphatic carbocycles. The second-order valence-corrected chi connectivity index (χ2v) is 38.2. The van der Waals surface area contributed by atoms with E-state index in [0.717, 1.165) is 0 Å². The van der Waals surface area contributed by atoms with Gasteiger partial charge in [-0.15, -0.1) is 0 Å². The van der Waals surface area contributed by atoms with Crippen molar-refractivity contribution in [2.24, 2.45) is 94.7 Å². The second-order valence-electron chi connectivity index (χ2n) is 32.6. The molecule has 18 nitrogen and oxygen atoms in total. The molecule has 10 aliphatic heterocycles. The van der Waals surface area contributed by atoms with Gasteiger partial charge in [-0.1, -0.05) is 112 Å². The smallest absolute Gasteiger partial charge is 0.429 e. The maximum Gasteiger partial charge on any atom is 0.429 e. The van der Waals surface area contributed by atoms with Gasteiger partial charge in [-0.3, -0.25) is 85.1 Å². The summed E-state index contributed by atoms with van der Waals surface area (Å²) in [5, 5.41) is 70.1. The van der Waals surface area contributed by atoms with E-state index >= 15 is 0 Å². The molecule has 85 heavy (non-hydrogen) atoms. The first-order valence-corrected chi connectivity index (χ1v) is 41.0. The Kier molecular flexibility index (Phi) is 17.1. The molecule has 0 aromatic heterocycles. The van der Waals surface area contributed by atoms with Crippen molar-refractivity contribution in [1.82, 2.24) is 85.1 Å². The molecular formula is C64H113Al2N16O2Si. The summed E-state index contributed by atoms with van der Waals surface area (Å²) in [7, 11) is -0.425. The number of hydrogen-bond acceptors (Lipinski definition) is 18. The van der Waals surface area contributed by atoms with Crippen molar-refractivity contribution >= 4 is 41.1 Å². The predicted octanol–water partition coefficient (Wildman–Crippen LogP) is 3.02. The Morgan fingerprint density at radius 2 is 0.353 bits per heavy atom. The van der Waals surface area contributed by atoms with Crippen LogP contribution in [0.3, 0.4) is 0 Å². The van der Waals surface area contributed by atoms with Crippen molar-refractivity contribution in [3.63, 3.8) is 0 Å². The summed E-state index contributed by atoms with van der Waals surface area (Å²) < 4.78 is 15.7. The Morgan fingerprint density at radius 3 is 0.553 bits per heavy atom. The van der Waals surface area contributed by atoms with Gasteiger partial charge in [0.25, 0.3) is 0 Å². The highest BCUT2D eigenvalue weighted by Gasteiger charge is 2.59. The van der Waals surface area contributed by atoms with Gasteiger partial charge in [0.2, 0.25) is 0 Å². The van der Waals surface area contributed by atoms with E-state index in [0.29, 0.717) is 191 Å². The van der Waals surface area contributed by atoms with Gasteiger partial charge in [0.1, 0.15) is 0 Å². The van der Waals surface area contributed by atoms with Gasteiger partial charge < -0.3 is 6.96 Å². The van der Waals surface area contributed by atoms with Crippen LogP contribution in [0.4, 0.5) is 0 Å². The predicted molar refractivity (Wildman–Crippen MR) is 336 cm³/mol. The van der Waals surface area contributed by atoms with Crippen LogP contribution in [0.2, 0.25) is 9.56 Å². The van der Waals surface area contributed by atoms with Crippen LogP contribution in [0.5, 0.6) is 0 Å². The minimum atomic E-state index is -0.831. The lowest BCUT2D eigenvalue weighted by Crippen LogP contribution is -2.61. The van der Waals surface area contributed by atoms with Gasteiger partial charge in [-0.2, -0.15) is 0 Å². The van der Waals surface area contributed by atoms with Crippen molar-refractivity contribution in [3.8, 4) is 0 Å². The fourth-order valence-electron chi connectivity index (χ4n) is 25.1. The quantitative estimate of drug-likeness (QED) is 0.136. The molecule has 21 heteroatoms. The summed E-state index contributed by atoms with van der Waals surface area (Å²) >= 11 is -1.66. The van der Waals surface area contributed by atoms with Crippen molar-refractivity contribution < 1.29 is 6.96 Å². The summed E-state index contributed by atoms with van der Waals surface area (Å²) in [6.07, 6.45) is 46.1. The van der Waals surface area contributed by atoms with Gasteiger partial charge >= 0.3 is 41.1 Å². The molecule has 10 heterocycles. The fourth-order valence-corrected chi connectivity index (χ4v) is 31.6. The highest BCUT2D eigenvalue weighted by Crippen LogP contribution is 2.51. The van der Waals surface area contributed by atoms with E-state index in [9.17, 15) is 0 Å². The van der Waals surface area contributed by atoms with Crippen molar-refractivity contribution in [1.29, 1.82) is 0 Å². The van der Waals surface area contributed by atoms with E-state index in [1.807, 2.05) is 0 Å². The average molecular weight is 1220 g/mol. The van der Waals surface area contributed by atoms with Crippen molar-refractivity contribution in [2.75, 3.05) is 0 Å². The van der Waals surface area contributed by atoms with Gasteiger partial charge in [0, 0.05) is 0 Å². The Hall–Kier alpha value is 0.562. The lowest BCUT2D eigenvalue weighted by molar-refractivity contribution is 0.165. The molecule has 0 aromatic carbocycles. The van der Waals surface area contributed by atoms with Crippen LogP contribution < -0.4 is 85.1 Å².